The van der Waals surface area contributed by atoms with Crippen molar-refractivity contribution in [2.24, 2.45) is 5.92 Å². The van der Waals surface area contributed by atoms with Gasteiger partial charge in [0.2, 0.25) is 5.91 Å². The minimum Gasteiger partial charge on any atom is -0.480 e. The lowest BCUT2D eigenvalue weighted by molar-refractivity contribution is -0.137. The fourth-order valence-corrected chi connectivity index (χ4v) is 3.58. The molecule has 6 heteroatoms. The number of carboxylic acids is 1. The first-order valence-corrected chi connectivity index (χ1v) is 7.69. The molecule has 0 aromatic heterocycles. The second-order valence-electron chi connectivity index (χ2n) is 4.97. The van der Waals surface area contributed by atoms with Gasteiger partial charge in [-0.3, -0.25) is 13.8 Å². The molecule has 0 aliphatic carbocycles. The Kier molecular flexibility index (Phi) is 5.78. The molecule has 1 heterocycles. The molecule has 2 unspecified atom stereocenters. The van der Waals surface area contributed by atoms with Gasteiger partial charge in [-0.1, -0.05) is 13.8 Å². The summed E-state index contributed by atoms with van der Waals surface area (Å²) in [6.45, 7) is 4.83. The Bertz CT molecular complexity index is 337. The average molecular weight is 275 g/mol. The number of carbonyl (C=O) groups is 2. The summed E-state index contributed by atoms with van der Waals surface area (Å²) in [6, 6.07) is 0. The van der Waals surface area contributed by atoms with Crippen LogP contribution >= 0.6 is 0 Å². The van der Waals surface area contributed by atoms with Crippen molar-refractivity contribution < 1.29 is 18.9 Å². The summed E-state index contributed by atoms with van der Waals surface area (Å²) in [5.41, 5.74) is 0. The van der Waals surface area contributed by atoms with E-state index in [-0.39, 0.29) is 17.6 Å². The van der Waals surface area contributed by atoms with E-state index in [2.05, 4.69) is 0 Å². The number of nitrogens with zero attached hydrogens (tertiary/aromatic N) is 1. The third kappa shape index (κ3) is 4.08. The van der Waals surface area contributed by atoms with Crippen LogP contribution in [0.1, 0.15) is 33.1 Å². The number of aliphatic carboxylic acids is 1. The van der Waals surface area contributed by atoms with Crippen LogP contribution in [0.3, 0.4) is 0 Å². The summed E-state index contributed by atoms with van der Waals surface area (Å²) in [6.07, 6.45) is 3.08. The molecule has 1 aliphatic heterocycles. The van der Waals surface area contributed by atoms with Crippen molar-refractivity contribution in [2.75, 3.05) is 18.8 Å². The van der Waals surface area contributed by atoms with Crippen LogP contribution in [0, 0.1) is 5.92 Å². The monoisotopic (exact) mass is 275 g/mol. The van der Waals surface area contributed by atoms with Crippen molar-refractivity contribution >= 4 is 22.7 Å². The number of likely N-dealkylation sites (tertiary alicyclic amines) is 1. The van der Waals surface area contributed by atoms with Crippen molar-refractivity contribution in [1.29, 1.82) is 0 Å². The van der Waals surface area contributed by atoms with E-state index in [4.69, 9.17) is 5.11 Å². The van der Waals surface area contributed by atoms with E-state index in [1.807, 2.05) is 0 Å². The highest BCUT2D eigenvalue weighted by Gasteiger charge is 2.30. The first kappa shape index (κ1) is 15.1. The van der Waals surface area contributed by atoms with Gasteiger partial charge in [0.1, 0.15) is 11.0 Å². The normalized spacial score (nSPS) is 19.6. The van der Waals surface area contributed by atoms with Gasteiger partial charge in [0.15, 0.2) is 0 Å². The zero-order chi connectivity index (χ0) is 13.7. The molecule has 0 saturated carbocycles. The summed E-state index contributed by atoms with van der Waals surface area (Å²) < 4.78 is 12.0. The Morgan fingerprint density at radius 2 is 1.78 bits per heavy atom. The maximum absolute atomic E-state index is 12.0. The van der Waals surface area contributed by atoms with Crippen molar-refractivity contribution in [1.82, 2.24) is 4.90 Å². The number of hydrogen-bond donors (Lipinski definition) is 1. The first-order valence-electron chi connectivity index (χ1n) is 6.31. The van der Waals surface area contributed by atoms with E-state index >= 15 is 0 Å². The van der Waals surface area contributed by atoms with Gasteiger partial charge in [0.05, 0.1) is 0 Å². The van der Waals surface area contributed by atoms with Gasteiger partial charge in [-0.25, -0.2) is 0 Å². The van der Waals surface area contributed by atoms with Crippen molar-refractivity contribution in [3.05, 3.63) is 0 Å². The molecule has 1 amide bonds. The predicted octanol–water partition coefficient (Wildman–Crippen LogP) is 0.857. The lowest BCUT2D eigenvalue weighted by Crippen LogP contribution is -2.41. The van der Waals surface area contributed by atoms with Gasteiger partial charge in [-0.2, -0.15) is 0 Å². The van der Waals surface area contributed by atoms with Crippen molar-refractivity contribution in [3.63, 3.8) is 0 Å². The molecule has 0 aromatic rings. The Labute approximate surface area is 110 Å². The van der Waals surface area contributed by atoms with Crippen molar-refractivity contribution in [3.8, 4) is 0 Å². The maximum atomic E-state index is 12.0. The molecule has 1 rings (SSSR count). The molecule has 1 N–H and O–H groups in total. The Balaban J connectivity index is 2.57. The lowest BCUT2D eigenvalue weighted by Gasteiger charge is -2.27. The van der Waals surface area contributed by atoms with E-state index < -0.39 is 22.0 Å². The summed E-state index contributed by atoms with van der Waals surface area (Å²) >= 11 is 0. The molecule has 1 aliphatic rings. The highest BCUT2D eigenvalue weighted by Crippen LogP contribution is 2.13. The zero-order valence-corrected chi connectivity index (χ0v) is 11.7. The standard InChI is InChI=1S/C12H21NO4S/c1-9(2)11(12(15)16)18(17)8-10(14)13-6-4-3-5-7-13/h9,11H,3-8H2,1-2H3,(H,15,16). The van der Waals surface area contributed by atoms with Gasteiger partial charge in [-0.05, 0) is 25.2 Å². The molecular weight excluding hydrogens is 254 g/mol. The predicted molar refractivity (Wildman–Crippen MR) is 69.7 cm³/mol. The topological polar surface area (TPSA) is 74.7 Å². The number of hydrogen-bond acceptors (Lipinski definition) is 3. The second-order valence-corrected chi connectivity index (χ2v) is 6.53. The second kappa shape index (κ2) is 6.87. The van der Waals surface area contributed by atoms with Gasteiger partial charge >= 0.3 is 5.97 Å². The third-order valence-corrected chi connectivity index (χ3v) is 4.95. The first-order chi connectivity index (χ1) is 8.43. The fourth-order valence-electron chi connectivity index (χ4n) is 2.15. The minimum absolute atomic E-state index is 0.171. The van der Waals surface area contributed by atoms with E-state index in [1.165, 1.54) is 0 Å². The van der Waals surface area contributed by atoms with Crippen LogP contribution in [0.4, 0.5) is 0 Å². The van der Waals surface area contributed by atoms with Gasteiger partial charge in [-0.15, -0.1) is 0 Å². The lowest BCUT2D eigenvalue weighted by atomic mass is 10.1. The Hall–Kier alpha value is -0.910. The largest absolute Gasteiger partial charge is 0.480 e. The number of piperidine rings is 1. The van der Waals surface area contributed by atoms with E-state index in [0.29, 0.717) is 13.1 Å². The molecule has 1 saturated heterocycles. The third-order valence-electron chi connectivity index (χ3n) is 3.11. The molecular formula is C12H21NO4S. The van der Waals surface area contributed by atoms with Crippen LogP contribution in [-0.2, 0) is 20.4 Å². The summed E-state index contributed by atoms with van der Waals surface area (Å²) in [5.74, 6) is -1.68. The summed E-state index contributed by atoms with van der Waals surface area (Å²) in [5, 5.41) is 8.06. The molecule has 0 bridgehead atoms. The smallest absolute Gasteiger partial charge is 0.319 e. The number of carbonyl (C=O) groups excluding carboxylic acids is 1. The van der Waals surface area contributed by atoms with Gasteiger partial charge in [0, 0.05) is 23.9 Å². The number of carboxylic acid groups (broad SMARTS) is 1. The molecule has 104 valence electrons. The van der Waals surface area contributed by atoms with E-state index in [9.17, 15) is 13.8 Å². The molecule has 2 atom stereocenters. The fraction of sp³-hybridized carbons (Fsp3) is 0.833. The molecule has 18 heavy (non-hydrogen) atoms. The van der Waals surface area contributed by atoms with Crippen molar-refractivity contribution in [2.45, 2.75) is 38.4 Å². The minimum atomic E-state index is -1.64. The highest BCUT2D eigenvalue weighted by molar-refractivity contribution is 7.87. The van der Waals surface area contributed by atoms with Crippen LogP contribution in [0.15, 0.2) is 0 Å². The SMILES string of the molecule is CC(C)C(C(=O)O)S(=O)CC(=O)N1CCCCC1. The van der Waals surface area contributed by atoms with Crippen LogP contribution in [-0.4, -0.2) is 50.2 Å². The van der Waals surface area contributed by atoms with E-state index in [0.717, 1.165) is 19.3 Å². The summed E-state index contributed by atoms with van der Waals surface area (Å²) in [4.78, 5) is 24.6. The van der Waals surface area contributed by atoms with Crippen LogP contribution in [0.2, 0.25) is 0 Å². The molecule has 0 radical (unpaired) electrons. The number of amides is 1. The van der Waals surface area contributed by atoms with Crippen LogP contribution in [0.25, 0.3) is 0 Å². The molecule has 0 aromatic carbocycles. The van der Waals surface area contributed by atoms with Crippen LogP contribution in [0.5, 0.6) is 0 Å². The van der Waals surface area contributed by atoms with Gasteiger partial charge < -0.3 is 10.0 Å². The molecule has 5 nitrogen and oxygen atoms in total. The highest BCUT2D eigenvalue weighted by atomic mass is 32.2. The van der Waals surface area contributed by atoms with E-state index in [1.54, 1.807) is 18.7 Å². The zero-order valence-electron chi connectivity index (χ0n) is 10.9. The Morgan fingerprint density at radius 3 is 2.22 bits per heavy atom. The molecule has 1 fully saturated rings. The van der Waals surface area contributed by atoms with Gasteiger partial charge in [0.25, 0.3) is 0 Å². The van der Waals surface area contributed by atoms with Crippen LogP contribution < -0.4 is 0 Å². The quantitative estimate of drug-likeness (QED) is 0.807. The summed E-state index contributed by atoms with van der Waals surface area (Å²) in [7, 11) is -1.64. The average Bonchev–Trinajstić information content (AvgIpc) is 2.28. The molecule has 0 spiro atoms. The Morgan fingerprint density at radius 1 is 1.22 bits per heavy atom. The number of rotatable bonds is 5. The maximum Gasteiger partial charge on any atom is 0.319 e.